The fourth-order valence-corrected chi connectivity index (χ4v) is 2.61. The molecule has 3 rings (SSSR count). The summed E-state index contributed by atoms with van der Waals surface area (Å²) in [6.45, 7) is 3.66. The van der Waals surface area contributed by atoms with Crippen LogP contribution in [0.1, 0.15) is 34.6 Å². The van der Waals surface area contributed by atoms with Gasteiger partial charge in [0.2, 0.25) is 0 Å². The lowest BCUT2D eigenvalue weighted by Gasteiger charge is -2.30. The number of rotatable bonds is 1. The molecular weight excluding hydrogens is 240 g/mol. The smallest absolute Gasteiger partial charge is 0.261 e. The van der Waals surface area contributed by atoms with Crippen LogP contribution in [0.5, 0.6) is 0 Å². The predicted octanol–water partition coefficient (Wildman–Crippen LogP) is 2.43. The molecule has 1 aliphatic heterocycles. The number of carbonyl (C=O) groups excluding carboxylic acids is 2. The summed E-state index contributed by atoms with van der Waals surface area (Å²) in [5.74, 6) is -0.493. The maximum absolute atomic E-state index is 12.4. The molecule has 2 N–H and O–H groups in total. The van der Waals surface area contributed by atoms with E-state index in [0.29, 0.717) is 22.2 Å². The van der Waals surface area contributed by atoms with Crippen molar-refractivity contribution >= 4 is 28.3 Å². The molecule has 0 saturated carbocycles. The number of carbonyl (C=O) groups is 2. The quantitative estimate of drug-likeness (QED) is 0.628. The molecule has 0 bridgehead atoms. The van der Waals surface area contributed by atoms with E-state index in [-0.39, 0.29) is 17.9 Å². The maximum atomic E-state index is 12.4. The van der Waals surface area contributed by atoms with Crippen LogP contribution in [0.4, 0.5) is 5.69 Å². The first-order chi connectivity index (χ1) is 9.02. The first kappa shape index (κ1) is 11.7. The number of nitrogens with zero attached hydrogens (tertiary/aromatic N) is 1. The van der Waals surface area contributed by atoms with E-state index >= 15 is 0 Å². The van der Waals surface area contributed by atoms with Crippen molar-refractivity contribution in [2.45, 2.75) is 19.9 Å². The van der Waals surface area contributed by atoms with Gasteiger partial charge in [-0.25, -0.2) is 0 Å². The molecular formula is C15H14N2O2. The highest BCUT2D eigenvalue weighted by Gasteiger charge is 2.34. The van der Waals surface area contributed by atoms with Gasteiger partial charge in [0, 0.05) is 33.6 Å². The van der Waals surface area contributed by atoms with Gasteiger partial charge in [-0.2, -0.15) is 0 Å². The van der Waals surface area contributed by atoms with E-state index in [2.05, 4.69) is 0 Å². The van der Waals surface area contributed by atoms with Crippen molar-refractivity contribution in [3.8, 4) is 0 Å². The van der Waals surface area contributed by atoms with Gasteiger partial charge in [0.25, 0.3) is 11.8 Å². The van der Waals surface area contributed by atoms with E-state index in [1.165, 1.54) is 4.90 Å². The van der Waals surface area contributed by atoms with Crippen LogP contribution in [0, 0.1) is 0 Å². The molecule has 0 atom stereocenters. The van der Waals surface area contributed by atoms with E-state index < -0.39 is 0 Å². The Kier molecular flexibility index (Phi) is 2.35. The molecule has 0 radical (unpaired) electrons. The molecule has 2 aromatic rings. The first-order valence-electron chi connectivity index (χ1n) is 6.21. The van der Waals surface area contributed by atoms with Gasteiger partial charge in [0.15, 0.2) is 0 Å². The number of imide groups is 1. The second-order valence-corrected chi connectivity index (χ2v) is 5.00. The van der Waals surface area contributed by atoms with Crippen LogP contribution in [0.25, 0.3) is 10.8 Å². The third-order valence-corrected chi connectivity index (χ3v) is 3.49. The van der Waals surface area contributed by atoms with Gasteiger partial charge in [-0.05, 0) is 32.0 Å². The summed E-state index contributed by atoms with van der Waals surface area (Å²) in [7, 11) is 0. The van der Waals surface area contributed by atoms with Crippen molar-refractivity contribution < 1.29 is 9.59 Å². The van der Waals surface area contributed by atoms with Crippen molar-refractivity contribution in [2.75, 3.05) is 5.73 Å². The largest absolute Gasteiger partial charge is 0.398 e. The number of nitrogen functional groups attached to an aromatic ring is 1. The number of hydrogen-bond donors (Lipinski definition) is 1. The fourth-order valence-electron chi connectivity index (χ4n) is 2.61. The summed E-state index contributed by atoms with van der Waals surface area (Å²) in [6, 6.07) is 8.63. The summed E-state index contributed by atoms with van der Waals surface area (Å²) in [5.41, 5.74) is 7.60. The summed E-state index contributed by atoms with van der Waals surface area (Å²) >= 11 is 0. The van der Waals surface area contributed by atoms with E-state index in [1.807, 2.05) is 19.9 Å². The molecule has 0 aromatic heterocycles. The topological polar surface area (TPSA) is 63.4 Å². The molecule has 0 fully saturated rings. The minimum absolute atomic E-state index is 0.166. The molecule has 2 aromatic carbocycles. The van der Waals surface area contributed by atoms with Crippen molar-refractivity contribution in [1.29, 1.82) is 0 Å². The van der Waals surface area contributed by atoms with Gasteiger partial charge in [-0.15, -0.1) is 0 Å². The summed E-state index contributed by atoms with van der Waals surface area (Å²) in [6.07, 6.45) is 0. The summed E-state index contributed by atoms with van der Waals surface area (Å²) in [5, 5.41) is 1.44. The van der Waals surface area contributed by atoms with E-state index in [0.717, 1.165) is 5.39 Å². The molecule has 4 heteroatoms. The zero-order valence-electron chi connectivity index (χ0n) is 10.8. The van der Waals surface area contributed by atoms with Crippen molar-refractivity contribution in [3.63, 3.8) is 0 Å². The summed E-state index contributed by atoms with van der Waals surface area (Å²) in [4.78, 5) is 26.2. The Morgan fingerprint density at radius 2 is 1.63 bits per heavy atom. The van der Waals surface area contributed by atoms with Gasteiger partial charge < -0.3 is 5.73 Å². The lowest BCUT2D eigenvalue weighted by atomic mass is 9.92. The molecule has 96 valence electrons. The highest BCUT2D eigenvalue weighted by atomic mass is 16.2. The highest BCUT2D eigenvalue weighted by molar-refractivity contribution is 6.26. The van der Waals surface area contributed by atoms with Crippen LogP contribution in [-0.4, -0.2) is 22.8 Å². The third kappa shape index (κ3) is 1.46. The van der Waals surface area contributed by atoms with Crippen molar-refractivity contribution in [2.24, 2.45) is 0 Å². The lowest BCUT2D eigenvalue weighted by molar-refractivity contribution is 0.0564. The standard InChI is InChI=1S/C15H14N2O2/c1-8(2)17-14(18)10-5-3-4-9-12(16)7-6-11(13(9)10)15(17)19/h3-8H,16H2,1-2H3. The number of benzene rings is 2. The molecule has 0 aliphatic carbocycles. The monoisotopic (exact) mass is 254 g/mol. The van der Waals surface area contributed by atoms with Crippen molar-refractivity contribution in [1.82, 2.24) is 4.90 Å². The molecule has 0 unspecified atom stereocenters. The Bertz CT molecular complexity index is 697. The molecule has 1 heterocycles. The van der Waals surface area contributed by atoms with Gasteiger partial charge in [-0.3, -0.25) is 14.5 Å². The Morgan fingerprint density at radius 3 is 2.26 bits per heavy atom. The second kappa shape index (κ2) is 3.82. The van der Waals surface area contributed by atoms with Gasteiger partial charge in [0.1, 0.15) is 0 Å². The van der Waals surface area contributed by atoms with Gasteiger partial charge in [-0.1, -0.05) is 12.1 Å². The minimum atomic E-state index is -0.247. The van der Waals surface area contributed by atoms with Gasteiger partial charge in [0.05, 0.1) is 0 Å². The fraction of sp³-hybridized carbons (Fsp3) is 0.200. The van der Waals surface area contributed by atoms with Crippen LogP contribution in [0.3, 0.4) is 0 Å². The highest BCUT2D eigenvalue weighted by Crippen LogP contribution is 2.33. The third-order valence-electron chi connectivity index (χ3n) is 3.49. The zero-order chi connectivity index (χ0) is 13.7. The number of anilines is 1. The van der Waals surface area contributed by atoms with Crippen LogP contribution in [-0.2, 0) is 0 Å². The van der Waals surface area contributed by atoms with Crippen LogP contribution in [0.2, 0.25) is 0 Å². The first-order valence-corrected chi connectivity index (χ1v) is 6.21. The number of nitrogens with two attached hydrogens (primary N) is 1. The zero-order valence-corrected chi connectivity index (χ0v) is 10.8. The Hall–Kier alpha value is -2.36. The normalized spacial score (nSPS) is 14.6. The molecule has 4 nitrogen and oxygen atoms in total. The molecule has 0 saturated heterocycles. The van der Waals surface area contributed by atoms with E-state index in [9.17, 15) is 9.59 Å². The Balaban J connectivity index is 2.42. The second-order valence-electron chi connectivity index (χ2n) is 5.00. The Labute approximate surface area is 110 Å². The average Bonchev–Trinajstić information content (AvgIpc) is 2.37. The predicted molar refractivity (Wildman–Crippen MR) is 74.0 cm³/mol. The van der Waals surface area contributed by atoms with Crippen LogP contribution >= 0.6 is 0 Å². The van der Waals surface area contributed by atoms with Crippen LogP contribution in [0.15, 0.2) is 30.3 Å². The number of amides is 2. The summed E-state index contributed by atoms with van der Waals surface area (Å²) < 4.78 is 0. The Morgan fingerprint density at radius 1 is 1.00 bits per heavy atom. The lowest BCUT2D eigenvalue weighted by Crippen LogP contribution is -2.44. The SMILES string of the molecule is CC(C)N1C(=O)c2cccc3c(N)ccc(c23)C1=O. The van der Waals surface area contributed by atoms with E-state index in [1.54, 1.807) is 24.3 Å². The van der Waals surface area contributed by atoms with Crippen molar-refractivity contribution in [3.05, 3.63) is 41.5 Å². The van der Waals surface area contributed by atoms with E-state index in [4.69, 9.17) is 5.73 Å². The average molecular weight is 254 g/mol. The molecule has 0 spiro atoms. The minimum Gasteiger partial charge on any atom is -0.398 e. The maximum Gasteiger partial charge on any atom is 0.261 e. The van der Waals surface area contributed by atoms with Crippen LogP contribution < -0.4 is 5.73 Å². The number of hydrogen-bond acceptors (Lipinski definition) is 3. The van der Waals surface area contributed by atoms with Gasteiger partial charge >= 0.3 is 0 Å². The molecule has 2 amide bonds. The molecule has 1 aliphatic rings. The molecule has 19 heavy (non-hydrogen) atoms.